The van der Waals surface area contributed by atoms with E-state index in [2.05, 4.69) is 5.32 Å². The van der Waals surface area contributed by atoms with Crippen molar-refractivity contribution in [3.8, 4) is 17.2 Å². The third-order valence-corrected chi connectivity index (χ3v) is 6.01. The summed E-state index contributed by atoms with van der Waals surface area (Å²) in [7, 11) is 3.16. The summed E-state index contributed by atoms with van der Waals surface area (Å²) in [6, 6.07) is 13.4. The first-order chi connectivity index (χ1) is 15.0. The molecule has 0 radical (unpaired) electrons. The molecule has 1 aliphatic heterocycles. The highest BCUT2D eigenvalue weighted by Gasteiger charge is 2.38. The molecule has 0 saturated heterocycles. The maximum absolute atomic E-state index is 13.3. The van der Waals surface area contributed by atoms with E-state index in [0.29, 0.717) is 36.5 Å². The highest BCUT2D eigenvalue weighted by Crippen LogP contribution is 2.44. The molecule has 0 bridgehead atoms. The molecule has 0 fully saturated rings. The van der Waals surface area contributed by atoms with Crippen molar-refractivity contribution in [2.75, 3.05) is 20.8 Å². The van der Waals surface area contributed by atoms with Gasteiger partial charge in [-0.2, -0.15) is 0 Å². The van der Waals surface area contributed by atoms with Crippen molar-refractivity contribution in [1.29, 1.82) is 0 Å². The fraction of sp³-hybridized carbons (Fsp3) is 0.360. The van der Waals surface area contributed by atoms with Crippen molar-refractivity contribution in [2.45, 2.75) is 38.0 Å². The van der Waals surface area contributed by atoms with Crippen molar-refractivity contribution in [1.82, 2.24) is 5.32 Å². The van der Waals surface area contributed by atoms with E-state index in [1.807, 2.05) is 49.4 Å². The number of hydrogen-bond donors (Lipinski definition) is 1. The molecule has 2 aromatic carbocycles. The summed E-state index contributed by atoms with van der Waals surface area (Å²) in [5.41, 5.74) is 3.42. The zero-order valence-corrected chi connectivity index (χ0v) is 18.1. The van der Waals surface area contributed by atoms with Gasteiger partial charge in [0.15, 0.2) is 17.3 Å². The molecule has 2 atom stereocenters. The maximum atomic E-state index is 13.3. The number of ketones is 1. The molecule has 0 saturated carbocycles. The number of benzene rings is 2. The van der Waals surface area contributed by atoms with Crippen LogP contribution in [0.3, 0.4) is 0 Å². The molecule has 1 heterocycles. The van der Waals surface area contributed by atoms with Gasteiger partial charge in [0.2, 0.25) is 5.91 Å². The van der Waals surface area contributed by atoms with Gasteiger partial charge >= 0.3 is 0 Å². The number of methoxy groups -OCH3 is 2. The molecule has 1 aliphatic carbocycles. The first-order valence-electron chi connectivity index (χ1n) is 10.5. The molecule has 1 N–H and O–H groups in total. The van der Waals surface area contributed by atoms with Crippen LogP contribution in [-0.4, -0.2) is 32.5 Å². The fourth-order valence-corrected chi connectivity index (χ4v) is 4.55. The van der Waals surface area contributed by atoms with Crippen molar-refractivity contribution >= 4 is 11.7 Å². The van der Waals surface area contributed by atoms with E-state index in [1.54, 1.807) is 14.2 Å². The molecule has 0 spiro atoms. The van der Waals surface area contributed by atoms with Crippen LogP contribution in [0, 0.1) is 0 Å². The van der Waals surface area contributed by atoms with Crippen LogP contribution in [0.25, 0.3) is 0 Å². The van der Waals surface area contributed by atoms with Crippen LogP contribution in [0.5, 0.6) is 17.2 Å². The van der Waals surface area contributed by atoms with E-state index in [0.717, 1.165) is 22.6 Å². The highest BCUT2D eigenvalue weighted by atomic mass is 16.5. The average molecular weight is 421 g/mol. The van der Waals surface area contributed by atoms with E-state index in [1.165, 1.54) is 0 Å². The van der Waals surface area contributed by atoms with Crippen LogP contribution in [0.2, 0.25) is 0 Å². The number of hydrogen-bond acceptors (Lipinski definition) is 5. The highest BCUT2D eigenvalue weighted by molar-refractivity contribution is 6.02. The molecule has 162 valence electrons. The number of Topliss-reactive ketones (excluding diaryl/α,β-unsaturated/α-hetero) is 1. The molecule has 6 nitrogen and oxygen atoms in total. The van der Waals surface area contributed by atoms with Gasteiger partial charge < -0.3 is 19.5 Å². The fourth-order valence-electron chi connectivity index (χ4n) is 4.55. The Morgan fingerprint density at radius 2 is 1.61 bits per heavy atom. The van der Waals surface area contributed by atoms with E-state index in [4.69, 9.17) is 14.2 Å². The lowest BCUT2D eigenvalue weighted by Gasteiger charge is -2.34. The molecule has 1 amide bonds. The van der Waals surface area contributed by atoms with Crippen LogP contribution in [-0.2, 0) is 9.59 Å². The number of carbonyl (C=O) groups excluding carboxylic acids is 2. The Kier molecular flexibility index (Phi) is 5.98. The maximum Gasteiger partial charge on any atom is 0.225 e. The van der Waals surface area contributed by atoms with Crippen LogP contribution in [0.15, 0.2) is 53.7 Å². The SMILES string of the molecule is CCOc1ccc(C2CC(=O)C3=C(C2)NC(=O)CC3c2ccc(OC)c(OC)c2)cc1. The van der Waals surface area contributed by atoms with Gasteiger partial charge in [0.05, 0.1) is 20.8 Å². The predicted molar refractivity (Wildman–Crippen MR) is 117 cm³/mol. The van der Waals surface area contributed by atoms with Crippen molar-refractivity contribution in [3.63, 3.8) is 0 Å². The lowest BCUT2D eigenvalue weighted by Crippen LogP contribution is -2.38. The number of carbonyl (C=O) groups is 2. The second-order valence-electron chi connectivity index (χ2n) is 7.84. The standard InChI is InChI=1S/C25H27NO5/c1-4-31-18-8-5-15(6-9-18)17-11-20-25(21(27)12-17)19(14-24(28)26-20)16-7-10-22(29-2)23(13-16)30-3/h5-10,13,17,19H,4,11-12,14H2,1-3H3,(H,26,28). The summed E-state index contributed by atoms with van der Waals surface area (Å²) in [5.74, 6) is 1.78. The molecule has 0 aromatic heterocycles. The second-order valence-corrected chi connectivity index (χ2v) is 7.84. The van der Waals surface area contributed by atoms with Gasteiger partial charge in [-0.3, -0.25) is 9.59 Å². The first-order valence-corrected chi connectivity index (χ1v) is 10.5. The van der Waals surface area contributed by atoms with Gasteiger partial charge in [0.25, 0.3) is 0 Å². The van der Waals surface area contributed by atoms with Crippen molar-refractivity contribution in [2.24, 2.45) is 0 Å². The minimum Gasteiger partial charge on any atom is -0.494 e. The third kappa shape index (κ3) is 4.15. The smallest absolute Gasteiger partial charge is 0.225 e. The number of amides is 1. The van der Waals surface area contributed by atoms with E-state index in [9.17, 15) is 9.59 Å². The number of ether oxygens (including phenoxy) is 3. The van der Waals surface area contributed by atoms with Gasteiger partial charge in [0.1, 0.15) is 5.75 Å². The Bertz CT molecular complexity index is 1020. The first kappa shape index (κ1) is 21.0. The van der Waals surface area contributed by atoms with Crippen molar-refractivity contribution < 1.29 is 23.8 Å². The third-order valence-electron chi connectivity index (χ3n) is 6.01. The summed E-state index contributed by atoms with van der Waals surface area (Å²) in [5, 5.41) is 2.97. The van der Waals surface area contributed by atoms with Gasteiger partial charge in [-0.05, 0) is 54.7 Å². The second kappa shape index (κ2) is 8.84. The minimum atomic E-state index is -0.280. The Hall–Kier alpha value is -3.28. The monoisotopic (exact) mass is 421 g/mol. The van der Waals surface area contributed by atoms with Crippen molar-refractivity contribution in [3.05, 3.63) is 64.9 Å². The van der Waals surface area contributed by atoms with Crippen LogP contribution in [0.4, 0.5) is 0 Å². The summed E-state index contributed by atoms with van der Waals surface area (Å²) in [6.45, 7) is 2.56. The molecule has 6 heteroatoms. The lowest BCUT2D eigenvalue weighted by molar-refractivity contribution is -0.122. The van der Waals surface area contributed by atoms with E-state index in [-0.39, 0.29) is 29.9 Å². The lowest BCUT2D eigenvalue weighted by atomic mass is 9.73. The molecule has 2 aromatic rings. The van der Waals surface area contributed by atoms with E-state index >= 15 is 0 Å². The van der Waals surface area contributed by atoms with E-state index < -0.39 is 0 Å². The molecule has 2 aliphatic rings. The van der Waals surface area contributed by atoms with Gasteiger partial charge in [-0.25, -0.2) is 0 Å². The molecule has 31 heavy (non-hydrogen) atoms. The number of rotatable bonds is 6. The quantitative estimate of drug-likeness (QED) is 0.760. The normalized spacial score (nSPS) is 20.7. The topological polar surface area (TPSA) is 73.9 Å². The van der Waals surface area contributed by atoms with Gasteiger partial charge in [-0.15, -0.1) is 0 Å². The molecule has 2 unspecified atom stereocenters. The van der Waals surface area contributed by atoms with Gasteiger partial charge in [0, 0.05) is 30.0 Å². The largest absolute Gasteiger partial charge is 0.494 e. The summed E-state index contributed by atoms with van der Waals surface area (Å²) >= 11 is 0. The average Bonchev–Trinajstić information content (AvgIpc) is 2.78. The molecular formula is C25H27NO5. The Balaban J connectivity index is 1.65. The zero-order chi connectivity index (χ0) is 22.0. The Morgan fingerprint density at radius 3 is 2.29 bits per heavy atom. The molecule has 4 rings (SSSR count). The zero-order valence-electron chi connectivity index (χ0n) is 18.1. The molecular weight excluding hydrogens is 394 g/mol. The summed E-state index contributed by atoms with van der Waals surface area (Å²) in [4.78, 5) is 25.8. The van der Waals surface area contributed by atoms with Crippen LogP contribution >= 0.6 is 0 Å². The van der Waals surface area contributed by atoms with Crippen LogP contribution in [0.1, 0.15) is 49.1 Å². The minimum absolute atomic E-state index is 0.0337. The predicted octanol–water partition coefficient (Wildman–Crippen LogP) is 4.11. The summed E-state index contributed by atoms with van der Waals surface area (Å²) in [6.07, 6.45) is 1.30. The summed E-state index contributed by atoms with van der Waals surface area (Å²) < 4.78 is 16.3. The number of nitrogens with one attached hydrogen (secondary N) is 1. The Morgan fingerprint density at radius 1 is 0.903 bits per heavy atom. The van der Waals surface area contributed by atoms with Crippen LogP contribution < -0.4 is 19.5 Å². The van der Waals surface area contributed by atoms with Gasteiger partial charge in [-0.1, -0.05) is 18.2 Å². The Labute approximate surface area is 182 Å². The number of allylic oxidation sites excluding steroid dienone is 2.